The molecule has 0 bridgehead atoms. The van der Waals surface area contributed by atoms with Gasteiger partial charge in [-0.1, -0.05) is 0 Å². The molecule has 1 rings (SSSR count). The monoisotopic (exact) mass is 242 g/mol. The van der Waals surface area contributed by atoms with Gasteiger partial charge in [-0.25, -0.2) is 0 Å². The fourth-order valence-corrected chi connectivity index (χ4v) is 1.28. The van der Waals surface area contributed by atoms with Crippen LogP contribution in [-0.4, -0.2) is 46.9 Å². The van der Waals surface area contributed by atoms with Crippen molar-refractivity contribution in [2.24, 2.45) is 0 Å². The van der Waals surface area contributed by atoms with Gasteiger partial charge in [0.1, 0.15) is 0 Å². The molecule has 0 saturated carbocycles. The van der Waals surface area contributed by atoms with Crippen molar-refractivity contribution in [3.8, 4) is 12.0 Å². The van der Waals surface area contributed by atoms with Crippen LogP contribution >= 0.6 is 0 Å². The van der Waals surface area contributed by atoms with Gasteiger partial charge < -0.3 is 19.9 Å². The molecule has 0 aromatic carbocycles. The first kappa shape index (κ1) is 13.4. The average molecular weight is 242 g/mol. The van der Waals surface area contributed by atoms with Crippen molar-refractivity contribution in [1.82, 2.24) is 15.0 Å². The van der Waals surface area contributed by atoms with Crippen molar-refractivity contribution in [2.45, 2.75) is 25.8 Å². The van der Waals surface area contributed by atoms with E-state index in [9.17, 15) is 0 Å². The van der Waals surface area contributed by atoms with Crippen molar-refractivity contribution in [3.05, 3.63) is 0 Å². The van der Waals surface area contributed by atoms with Gasteiger partial charge in [-0.05, 0) is 19.8 Å². The number of aromatic nitrogens is 3. The zero-order valence-electron chi connectivity index (χ0n) is 10.3. The van der Waals surface area contributed by atoms with Gasteiger partial charge in [0.2, 0.25) is 5.95 Å². The Morgan fingerprint density at radius 2 is 1.76 bits per heavy atom. The first-order chi connectivity index (χ1) is 8.19. The topological polar surface area (TPSA) is 89.4 Å². The average Bonchev–Trinajstić information content (AvgIpc) is 2.35. The molecule has 0 amide bonds. The smallest absolute Gasteiger partial charge is 0.324 e. The molecule has 0 saturated heterocycles. The number of anilines is 1. The van der Waals surface area contributed by atoms with Crippen LogP contribution in [0.2, 0.25) is 0 Å². The van der Waals surface area contributed by atoms with Gasteiger partial charge in [0.05, 0.1) is 14.2 Å². The van der Waals surface area contributed by atoms with E-state index in [4.69, 9.17) is 14.6 Å². The van der Waals surface area contributed by atoms with Gasteiger partial charge in [-0.15, -0.1) is 4.98 Å². The quantitative estimate of drug-likeness (QED) is 0.718. The van der Waals surface area contributed by atoms with Crippen molar-refractivity contribution in [3.63, 3.8) is 0 Å². The predicted octanol–water partition coefficient (Wildman–Crippen LogP) is 0.462. The normalized spacial score (nSPS) is 12.0. The second-order valence-corrected chi connectivity index (χ2v) is 3.54. The summed E-state index contributed by atoms with van der Waals surface area (Å²) in [6.45, 7) is 2.16. The molecule has 0 spiro atoms. The highest BCUT2D eigenvalue weighted by atomic mass is 16.5. The summed E-state index contributed by atoms with van der Waals surface area (Å²) in [6, 6.07) is 0.557. The lowest BCUT2D eigenvalue weighted by Gasteiger charge is -2.13. The van der Waals surface area contributed by atoms with E-state index >= 15 is 0 Å². The summed E-state index contributed by atoms with van der Waals surface area (Å²) in [6.07, 6.45) is 1.56. The number of aliphatic hydroxyl groups excluding tert-OH is 1. The number of nitrogens with one attached hydrogen (secondary N) is 1. The van der Waals surface area contributed by atoms with Crippen LogP contribution in [0, 0.1) is 0 Å². The van der Waals surface area contributed by atoms with Gasteiger partial charge in [-0.3, -0.25) is 0 Å². The van der Waals surface area contributed by atoms with Gasteiger partial charge >= 0.3 is 12.0 Å². The molecule has 1 unspecified atom stereocenters. The summed E-state index contributed by atoms with van der Waals surface area (Å²) in [4.78, 5) is 12.0. The van der Waals surface area contributed by atoms with E-state index in [1.165, 1.54) is 14.2 Å². The van der Waals surface area contributed by atoms with Crippen molar-refractivity contribution < 1.29 is 14.6 Å². The zero-order valence-corrected chi connectivity index (χ0v) is 10.3. The van der Waals surface area contributed by atoms with E-state index in [1.54, 1.807) is 0 Å². The Hall–Kier alpha value is -1.63. The molecular formula is C10H18N4O3. The summed E-state index contributed by atoms with van der Waals surface area (Å²) in [7, 11) is 2.96. The third-order valence-corrected chi connectivity index (χ3v) is 2.13. The van der Waals surface area contributed by atoms with Crippen LogP contribution in [0.4, 0.5) is 5.95 Å². The first-order valence-corrected chi connectivity index (χ1v) is 5.41. The Morgan fingerprint density at radius 1 is 1.18 bits per heavy atom. The second-order valence-electron chi connectivity index (χ2n) is 3.54. The molecule has 0 aliphatic heterocycles. The molecule has 2 N–H and O–H groups in total. The summed E-state index contributed by atoms with van der Waals surface area (Å²) in [5.74, 6) is 0.402. The predicted molar refractivity (Wildman–Crippen MR) is 62.3 cm³/mol. The Balaban J connectivity index is 2.68. The number of aliphatic hydroxyl groups is 1. The Kier molecular flexibility index (Phi) is 5.41. The van der Waals surface area contributed by atoms with Gasteiger partial charge in [-0.2, -0.15) is 9.97 Å². The van der Waals surface area contributed by atoms with Crippen molar-refractivity contribution in [2.75, 3.05) is 26.1 Å². The molecule has 0 fully saturated rings. The minimum Gasteiger partial charge on any atom is -0.467 e. The lowest BCUT2D eigenvalue weighted by atomic mass is 10.2. The van der Waals surface area contributed by atoms with Crippen LogP contribution in [0.3, 0.4) is 0 Å². The third kappa shape index (κ3) is 4.39. The molecule has 7 heteroatoms. The fourth-order valence-electron chi connectivity index (χ4n) is 1.28. The molecule has 1 heterocycles. The van der Waals surface area contributed by atoms with Crippen molar-refractivity contribution in [1.29, 1.82) is 0 Å². The molecule has 17 heavy (non-hydrogen) atoms. The summed E-state index contributed by atoms with van der Waals surface area (Å²) >= 11 is 0. The SMILES string of the molecule is COc1nc(NC(C)CCCO)nc(OC)n1. The minimum atomic E-state index is 0.152. The highest BCUT2D eigenvalue weighted by molar-refractivity contribution is 5.28. The van der Waals surface area contributed by atoms with Crippen LogP contribution in [0.15, 0.2) is 0 Å². The number of methoxy groups -OCH3 is 2. The molecular weight excluding hydrogens is 224 g/mol. The molecule has 1 aromatic heterocycles. The Bertz CT molecular complexity index is 326. The lowest BCUT2D eigenvalue weighted by molar-refractivity contribution is 0.282. The molecule has 1 aromatic rings. The van der Waals surface area contributed by atoms with Crippen LogP contribution in [0.5, 0.6) is 12.0 Å². The third-order valence-electron chi connectivity index (χ3n) is 2.13. The Morgan fingerprint density at radius 3 is 2.24 bits per heavy atom. The number of nitrogens with zero attached hydrogens (tertiary/aromatic N) is 3. The van der Waals surface area contributed by atoms with Gasteiger partial charge in [0, 0.05) is 12.6 Å². The number of hydrogen-bond acceptors (Lipinski definition) is 7. The lowest BCUT2D eigenvalue weighted by Crippen LogP contribution is -2.18. The van der Waals surface area contributed by atoms with Crippen LogP contribution in [0.25, 0.3) is 0 Å². The molecule has 0 radical (unpaired) electrons. The highest BCUT2D eigenvalue weighted by Gasteiger charge is 2.09. The van der Waals surface area contributed by atoms with Gasteiger partial charge in [0.15, 0.2) is 0 Å². The van der Waals surface area contributed by atoms with Crippen LogP contribution in [0.1, 0.15) is 19.8 Å². The van der Waals surface area contributed by atoms with Gasteiger partial charge in [0.25, 0.3) is 0 Å². The number of rotatable bonds is 7. The second kappa shape index (κ2) is 6.85. The van der Waals surface area contributed by atoms with Crippen LogP contribution < -0.4 is 14.8 Å². The summed E-state index contributed by atoms with van der Waals surface area (Å²) in [5.41, 5.74) is 0. The maximum Gasteiger partial charge on any atom is 0.324 e. The zero-order chi connectivity index (χ0) is 12.7. The maximum atomic E-state index is 8.74. The van der Waals surface area contributed by atoms with E-state index in [0.717, 1.165) is 12.8 Å². The first-order valence-electron chi connectivity index (χ1n) is 5.41. The maximum absolute atomic E-state index is 8.74. The fraction of sp³-hybridized carbons (Fsp3) is 0.700. The van der Waals surface area contributed by atoms with Crippen LogP contribution in [-0.2, 0) is 0 Å². The van der Waals surface area contributed by atoms with Crippen molar-refractivity contribution >= 4 is 5.95 Å². The minimum absolute atomic E-state index is 0.152. The number of hydrogen-bond donors (Lipinski definition) is 2. The summed E-state index contributed by atoms with van der Waals surface area (Å²) in [5, 5.41) is 11.8. The highest BCUT2D eigenvalue weighted by Crippen LogP contribution is 2.13. The van der Waals surface area contributed by atoms with E-state index in [0.29, 0.717) is 5.95 Å². The molecule has 0 aliphatic carbocycles. The van der Waals surface area contributed by atoms with E-state index in [2.05, 4.69) is 20.3 Å². The van der Waals surface area contributed by atoms with E-state index < -0.39 is 0 Å². The van der Waals surface area contributed by atoms with E-state index in [-0.39, 0.29) is 24.7 Å². The Labute approximate surface area is 100 Å². The molecule has 7 nitrogen and oxygen atoms in total. The summed E-state index contributed by atoms with van der Waals surface area (Å²) < 4.78 is 9.88. The standard InChI is InChI=1S/C10H18N4O3/c1-7(5-4-6-15)11-8-12-9(16-2)14-10(13-8)17-3/h7,15H,4-6H2,1-3H3,(H,11,12,13,14). The molecule has 0 aliphatic rings. The molecule has 96 valence electrons. The largest absolute Gasteiger partial charge is 0.467 e. The number of ether oxygens (including phenoxy) is 2. The van der Waals surface area contributed by atoms with E-state index in [1.807, 2.05) is 6.92 Å². The molecule has 1 atom stereocenters.